The number of hydrazone groups is 1. The van der Waals surface area contributed by atoms with Gasteiger partial charge in [-0.1, -0.05) is 30.3 Å². The maximum atomic E-state index is 10.6. The molecular weight excluding hydrogens is 318 g/mol. The second-order valence-electron chi connectivity index (χ2n) is 5.43. The van der Waals surface area contributed by atoms with Crippen molar-refractivity contribution in [1.29, 1.82) is 0 Å². The van der Waals surface area contributed by atoms with Gasteiger partial charge in [-0.2, -0.15) is 5.10 Å². The summed E-state index contributed by atoms with van der Waals surface area (Å²) in [5, 5.41) is 14.0. The van der Waals surface area contributed by atoms with Crippen molar-refractivity contribution in [1.82, 2.24) is 4.98 Å². The smallest absolute Gasteiger partial charge is 0.341 e. The molecule has 3 aromatic rings. The van der Waals surface area contributed by atoms with E-state index in [0.29, 0.717) is 17.1 Å². The Balaban J connectivity index is 1.76. The van der Waals surface area contributed by atoms with Crippen LogP contribution in [0.25, 0.3) is 10.9 Å². The summed E-state index contributed by atoms with van der Waals surface area (Å²) in [6.45, 7) is 1.62. The highest BCUT2D eigenvalue weighted by molar-refractivity contribution is 5.85. The van der Waals surface area contributed by atoms with E-state index >= 15 is 0 Å². The summed E-state index contributed by atoms with van der Waals surface area (Å²) < 4.78 is 5.24. The van der Waals surface area contributed by atoms with Gasteiger partial charge < -0.3 is 9.84 Å². The Morgan fingerprint density at radius 3 is 2.84 bits per heavy atom. The number of nitrogens with one attached hydrogen (secondary N) is 1. The molecule has 25 heavy (non-hydrogen) atoms. The molecule has 6 nitrogen and oxygen atoms in total. The van der Waals surface area contributed by atoms with Crippen LogP contribution >= 0.6 is 0 Å². The molecule has 0 bridgehead atoms. The van der Waals surface area contributed by atoms with E-state index in [4.69, 9.17) is 9.84 Å². The molecule has 0 aliphatic heterocycles. The summed E-state index contributed by atoms with van der Waals surface area (Å²) in [4.78, 5) is 15.2. The van der Waals surface area contributed by atoms with Gasteiger partial charge in [-0.25, -0.2) is 9.78 Å². The molecule has 0 spiro atoms. The van der Waals surface area contributed by atoms with Crippen molar-refractivity contribution in [3.8, 4) is 5.75 Å². The molecule has 0 saturated carbocycles. The number of carboxylic acids is 1. The summed E-state index contributed by atoms with van der Waals surface area (Å²) >= 11 is 0. The molecule has 2 N–H and O–H groups in total. The number of benzene rings is 2. The molecular formula is C19H17N3O3. The highest BCUT2D eigenvalue weighted by Crippen LogP contribution is 2.20. The fraction of sp³-hybridized carbons (Fsp3) is 0.105. The molecule has 1 heterocycles. The maximum absolute atomic E-state index is 10.6. The van der Waals surface area contributed by atoms with Gasteiger partial charge in [0.25, 0.3) is 0 Å². The standard InChI is InChI=1S/C19H17N3O3/c1-13-10-18(21-16-8-4-3-7-15(13)16)22-20-11-14-6-2-5-9-17(14)25-12-19(23)24/h2-11H,12H2,1H3,(H,21,22)(H,23,24)/b20-11-. The fourth-order valence-corrected chi connectivity index (χ4v) is 2.43. The second-order valence-corrected chi connectivity index (χ2v) is 5.43. The van der Waals surface area contributed by atoms with E-state index < -0.39 is 12.6 Å². The van der Waals surface area contributed by atoms with Gasteiger partial charge in [0.05, 0.1) is 11.7 Å². The predicted molar refractivity (Wildman–Crippen MR) is 97.3 cm³/mol. The number of rotatable bonds is 6. The van der Waals surface area contributed by atoms with Gasteiger partial charge in [0.15, 0.2) is 6.61 Å². The number of hydrogen-bond acceptors (Lipinski definition) is 5. The number of aliphatic carboxylic acids is 1. The number of anilines is 1. The number of nitrogens with zero attached hydrogens (tertiary/aromatic N) is 2. The molecule has 0 unspecified atom stereocenters. The van der Waals surface area contributed by atoms with Gasteiger partial charge in [-0.3, -0.25) is 5.43 Å². The molecule has 0 radical (unpaired) electrons. The Kier molecular flexibility index (Phi) is 4.89. The Labute approximate surface area is 144 Å². The average molecular weight is 335 g/mol. The molecule has 0 atom stereocenters. The third-order valence-corrected chi connectivity index (χ3v) is 3.58. The summed E-state index contributed by atoms with van der Waals surface area (Å²) in [6.07, 6.45) is 1.57. The number of carboxylic acid groups (broad SMARTS) is 1. The largest absolute Gasteiger partial charge is 0.481 e. The first kappa shape index (κ1) is 16.4. The van der Waals surface area contributed by atoms with Gasteiger partial charge in [0.1, 0.15) is 11.6 Å². The summed E-state index contributed by atoms with van der Waals surface area (Å²) in [5.41, 5.74) is 5.58. The second kappa shape index (κ2) is 7.44. The zero-order valence-electron chi connectivity index (χ0n) is 13.6. The number of carbonyl (C=O) groups is 1. The summed E-state index contributed by atoms with van der Waals surface area (Å²) in [5.74, 6) is 0.0650. The van der Waals surface area contributed by atoms with Crippen LogP contribution in [0.4, 0.5) is 5.82 Å². The van der Waals surface area contributed by atoms with Crippen molar-refractivity contribution in [2.75, 3.05) is 12.0 Å². The Bertz CT molecular complexity index is 938. The fourth-order valence-electron chi connectivity index (χ4n) is 2.43. The average Bonchev–Trinajstić information content (AvgIpc) is 2.61. The lowest BCUT2D eigenvalue weighted by Gasteiger charge is -2.07. The minimum absolute atomic E-state index is 0.399. The molecule has 3 rings (SSSR count). The van der Waals surface area contributed by atoms with E-state index in [1.807, 2.05) is 43.3 Å². The molecule has 0 aliphatic rings. The highest BCUT2D eigenvalue weighted by Gasteiger charge is 2.04. The van der Waals surface area contributed by atoms with E-state index in [-0.39, 0.29) is 0 Å². The Morgan fingerprint density at radius 1 is 1.24 bits per heavy atom. The monoisotopic (exact) mass is 335 g/mol. The lowest BCUT2D eigenvalue weighted by atomic mass is 10.1. The van der Waals surface area contributed by atoms with Gasteiger partial charge in [-0.15, -0.1) is 0 Å². The van der Waals surface area contributed by atoms with Crippen LogP contribution in [0.5, 0.6) is 5.75 Å². The highest BCUT2D eigenvalue weighted by atomic mass is 16.5. The van der Waals surface area contributed by atoms with Crippen molar-refractivity contribution in [3.63, 3.8) is 0 Å². The van der Waals surface area contributed by atoms with Crippen molar-refractivity contribution in [2.24, 2.45) is 5.10 Å². The number of para-hydroxylation sites is 2. The molecule has 2 aromatic carbocycles. The normalized spacial score (nSPS) is 10.9. The molecule has 126 valence electrons. The third kappa shape index (κ3) is 4.11. The van der Waals surface area contributed by atoms with Crippen LogP contribution < -0.4 is 10.2 Å². The van der Waals surface area contributed by atoms with Crippen LogP contribution in [0.1, 0.15) is 11.1 Å². The van der Waals surface area contributed by atoms with Crippen LogP contribution in [-0.2, 0) is 4.79 Å². The Morgan fingerprint density at radius 2 is 2.00 bits per heavy atom. The third-order valence-electron chi connectivity index (χ3n) is 3.58. The lowest BCUT2D eigenvalue weighted by Crippen LogP contribution is -2.10. The van der Waals surface area contributed by atoms with E-state index in [0.717, 1.165) is 16.5 Å². The number of ether oxygens (including phenoxy) is 1. The van der Waals surface area contributed by atoms with Gasteiger partial charge in [0.2, 0.25) is 0 Å². The quantitative estimate of drug-likeness (QED) is 0.532. The number of aryl methyl sites for hydroxylation is 1. The van der Waals surface area contributed by atoms with Crippen molar-refractivity contribution in [3.05, 3.63) is 65.7 Å². The molecule has 0 aliphatic carbocycles. The van der Waals surface area contributed by atoms with Gasteiger partial charge in [0, 0.05) is 10.9 Å². The van der Waals surface area contributed by atoms with Crippen molar-refractivity contribution in [2.45, 2.75) is 6.92 Å². The number of fused-ring (bicyclic) bond motifs is 1. The molecule has 0 amide bonds. The molecule has 0 saturated heterocycles. The zero-order valence-corrected chi connectivity index (χ0v) is 13.6. The predicted octanol–water partition coefficient (Wildman–Crippen LogP) is 3.45. The van der Waals surface area contributed by atoms with E-state index in [1.165, 1.54) is 0 Å². The summed E-state index contributed by atoms with van der Waals surface area (Å²) in [6, 6.07) is 16.9. The first-order chi connectivity index (χ1) is 12.1. The van der Waals surface area contributed by atoms with E-state index in [1.54, 1.807) is 24.4 Å². The SMILES string of the molecule is Cc1cc(N/N=C\c2ccccc2OCC(=O)O)nc2ccccc12. The van der Waals surface area contributed by atoms with E-state index in [2.05, 4.69) is 15.5 Å². The number of hydrogen-bond donors (Lipinski definition) is 2. The first-order valence-corrected chi connectivity index (χ1v) is 7.72. The van der Waals surface area contributed by atoms with Crippen LogP contribution in [0.2, 0.25) is 0 Å². The number of pyridine rings is 1. The van der Waals surface area contributed by atoms with Gasteiger partial charge >= 0.3 is 5.97 Å². The van der Waals surface area contributed by atoms with Crippen LogP contribution in [0.15, 0.2) is 59.7 Å². The van der Waals surface area contributed by atoms with Gasteiger partial charge in [-0.05, 0) is 36.8 Å². The zero-order chi connectivity index (χ0) is 17.6. The lowest BCUT2D eigenvalue weighted by molar-refractivity contribution is -0.139. The Hall–Kier alpha value is -3.41. The van der Waals surface area contributed by atoms with Crippen LogP contribution in [-0.4, -0.2) is 28.9 Å². The van der Waals surface area contributed by atoms with Crippen LogP contribution in [0, 0.1) is 6.92 Å². The summed E-state index contributed by atoms with van der Waals surface area (Å²) in [7, 11) is 0. The minimum Gasteiger partial charge on any atom is -0.481 e. The van der Waals surface area contributed by atoms with Crippen molar-refractivity contribution < 1.29 is 14.6 Å². The number of aromatic nitrogens is 1. The molecule has 1 aromatic heterocycles. The van der Waals surface area contributed by atoms with Crippen molar-refractivity contribution >= 4 is 28.9 Å². The molecule has 6 heteroatoms. The topological polar surface area (TPSA) is 83.8 Å². The molecule has 0 fully saturated rings. The van der Waals surface area contributed by atoms with E-state index in [9.17, 15) is 4.79 Å². The first-order valence-electron chi connectivity index (χ1n) is 7.72. The van der Waals surface area contributed by atoms with Crippen LogP contribution in [0.3, 0.4) is 0 Å². The maximum Gasteiger partial charge on any atom is 0.341 e. The minimum atomic E-state index is -1.03.